The van der Waals surface area contributed by atoms with Gasteiger partial charge >= 0.3 is 0 Å². The first-order valence-corrected chi connectivity index (χ1v) is 7.83. The standard InChI is InChI=1S/C19H15ClN2O2/c20-17-8-4-3-7-16(17)19(24)21-12-18(23)22-15-10-9-13-5-1-2-6-14(13)11-15/h1-11H,12H2,(H,21,24)(H,22,23). The van der Waals surface area contributed by atoms with E-state index < -0.39 is 0 Å². The van der Waals surface area contributed by atoms with Crippen LogP contribution in [-0.2, 0) is 4.79 Å². The number of benzene rings is 3. The van der Waals surface area contributed by atoms with Crippen LogP contribution >= 0.6 is 11.6 Å². The molecule has 0 fully saturated rings. The summed E-state index contributed by atoms with van der Waals surface area (Å²) in [5.41, 5.74) is 1.03. The van der Waals surface area contributed by atoms with E-state index in [2.05, 4.69) is 10.6 Å². The smallest absolute Gasteiger partial charge is 0.253 e. The molecule has 0 saturated carbocycles. The zero-order valence-electron chi connectivity index (χ0n) is 12.8. The lowest BCUT2D eigenvalue weighted by Crippen LogP contribution is -2.33. The van der Waals surface area contributed by atoms with Crippen LogP contribution < -0.4 is 10.6 Å². The summed E-state index contributed by atoms with van der Waals surface area (Å²) in [5, 5.41) is 7.82. The summed E-state index contributed by atoms with van der Waals surface area (Å²) in [7, 11) is 0. The number of hydrogen-bond donors (Lipinski definition) is 2. The molecule has 0 heterocycles. The molecule has 0 aliphatic heterocycles. The molecule has 3 aromatic rings. The molecule has 24 heavy (non-hydrogen) atoms. The maximum Gasteiger partial charge on any atom is 0.253 e. The van der Waals surface area contributed by atoms with Crippen molar-refractivity contribution < 1.29 is 9.59 Å². The number of hydrogen-bond acceptors (Lipinski definition) is 2. The molecule has 3 rings (SSSR count). The summed E-state index contributed by atoms with van der Waals surface area (Å²) in [6.45, 7) is -0.128. The Balaban J connectivity index is 1.61. The normalized spacial score (nSPS) is 10.4. The quantitative estimate of drug-likeness (QED) is 0.759. The first-order valence-electron chi connectivity index (χ1n) is 7.45. The van der Waals surface area contributed by atoms with E-state index in [0.717, 1.165) is 10.8 Å². The average Bonchev–Trinajstić information content (AvgIpc) is 2.60. The third kappa shape index (κ3) is 3.73. The van der Waals surface area contributed by atoms with Gasteiger partial charge in [0.05, 0.1) is 17.1 Å². The molecular weight excluding hydrogens is 324 g/mol. The van der Waals surface area contributed by atoms with Gasteiger partial charge in [0.2, 0.25) is 5.91 Å². The molecule has 120 valence electrons. The molecule has 0 saturated heterocycles. The SMILES string of the molecule is O=C(CNC(=O)c1ccccc1Cl)Nc1ccc2ccccc2c1. The second-order valence-electron chi connectivity index (χ2n) is 5.27. The molecule has 0 bridgehead atoms. The van der Waals surface area contributed by atoms with E-state index >= 15 is 0 Å². The number of anilines is 1. The van der Waals surface area contributed by atoms with Gasteiger partial charge in [-0.15, -0.1) is 0 Å². The van der Waals surface area contributed by atoms with Gasteiger partial charge in [-0.2, -0.15) is 0 Å². The minimum atomic E-state index is -0.380. The van der Waals surface area contributed by atoms with E-state index in [1.807, 2.05) is 42.5 Å². The molecule has 0 spiro atoms. The minimum Gasteiger partial charge on any atom is -0.343 e. The molecule has 4 nitrogen and oxygen atoms in total. The molecule has 0 aliphatic carbocycles. The first-order chi connectivity index (χ1) is 11.6. The highest BCUT2D eigenvalue weighted by atomic mass is 35.5. The molecule has 2 amide bonds. The fourth-order valence-corrected chi connectivity index (χ4v) is 2.59. The van der Waals surface area contributed by atoms with Gasteiger partial charge in [-0.1, -0.05) is 54.1 Å². The fourth-order valence-electron chi connectivity index (χ4n) is 2.37. The Bertz CT molecular complexity index is 909. The van der Waals surface area contributed by atoms with Gasteiger partial charge in [0.25, 0.3) is 5.91 Å². The van der Waals surface area contributed by atoms with Crippen molar-refractivity contribution in [3.8, 4) is 0 Å². The van der Waals surface area contributed by atoms with Crippen LogP contribution in [0.3, 0.4) is 0 Å². The van der Waals surface area contributed by atoms with Gasteiger partial charge in [-0.25, -0.2) is 0 Å². The first kappa shape index (κ1) is 16.0. The van der Waals surface area contributed by atoms with Crippen molar-refractivity contribution in [1.29, 1.82) is 0 Å². The summed E-state index contributed by atoms with van der Waals surface area (Å²) in [6, 6.07) is 20.2. The predicted octanol–water partition coefficient (Wildman–Crippen LogP) is 3.86. The molecule has 0 aliphatic rings. The molecule has 0 aromatic heterocycles. The van der Waals surface area contributed by atoms with E-state index in [1.165, 1.54) is 0 Å². The van der Waals surface area contributed by atoms with Crippen LogP contribution in [0.4, 0.5) is 5.69 Å². The van der Waals surface area contributed by atoms with Crippen molar-refractivity contribution in [3.63, 3.8) is 0 Å². The Morgan fingerprint density at radius 2 is 1.58 bits per heavy atom. The van der Waals surface area contributed by atoms with Gasteiger partial charge < -0.3 is 10.6 Å². The number of rotatable bonds is 4. The van der Waals surface area contributed by atoms with Gasteiger partial charge in [0, 0.05) is 5.69 Å². The predicted molar refractivity (Wildman–Crippen MR) is 96.4 cm³/mol. The van der Waals surface area contributed by atoms with Crippen molar-refractivity contribution >= 4 is 39.9 Å². The van der Waals surface area contributed by atoms with Crippen LogP contribution in [0.1, 0.15) is 10.4 Å². The van der Waals surface area contributed by atoms with Crippen molar-refractivity contribution in [2.24, 2.45) is 0 Å². The Labute approximate surface area is 144 Å². The lowest BCUT2D eigenvalue weighted by molar-refractivity contribution is -0.115. The largest absolute Gasteiger partial charge is 0.343 e. The fraction of sp³-hybridized carbons (Fsp3) is 0.0526. The van der Waals surface area contributed by atoms with Gasteiger partial charge in [-0.05, 0) is 35.0 Å². The Morgan fingerprint density at radius 3 is 2.38 bits per heavy atom. The van der Waals surface area contributed by atoms with Gasteiger partial charge in [-0.3, -0.25) is 9.59 Å². The third-order valence-corrected chi connectivity index (χ3v) is 3.89. The van der Waals surface area contributed by atoms with Crippen molar-refractivity contribution in [2.75, 3.05) is 11.9 Å². The van der Waals surface area contributed by atoms with E-state index in [9.17, 15) is 9.59 Å². The topological polar surface area (TPSA) is 58.2 Å². The number of nitrogens with one attached hydrogen (secondary N) is 2. The van der Waals surface area contributed by atoms with E-state index in [-0.39, 0.29) is 18.4 Å². The van der Waals surface area contributed by atoms with Crippen molar-refractivity contribution in [1.82, 2.24) is 5.32 Å². The van der Waals surface area contributed by atoms with Crippen LogP contribution in [0.2, 0.25) is 5.02 Å². The molecule has 5 heteroatoms. The van der Waals surface area contributed by atoms with Crippen LogP contribution in [0, 0.1) is 0 Å². The van der Waals surface area contributed by atoms with Gasteiger partial charge in [0.1, 0.15) is 0 Å². The lowest BCUT2D eigenvalue weighted by Gasteiger charge is -2.08. The van der Waals surface area contributed by atoms with E-state index in [0.29, 0.717) is 16.3 Å². The van der Waals surface area contributed by atoms with Crippen LogP contribution in [0.5, 0.6) is 0 Å². The van der Waals surface area contributed by atoms with Crippen molar-refractivity contribution in [3.05, 3.63) is 77.3 Å². The molecule has 2 N–H and O–H groups in total. The summed E-state index contributed by atoms with van der Waals surface area (Å²) >= 11 is 5.96. The second-order valence-corrected chi connectivity index (χ2v) is 5.68. The Hall–Kier alpha value is -2.85. The molecule has 0 atom stereocenters. The molecule has 3 aromatic carbocycles. The maximum atomic E-state index is 12.0. The number of fused-ring (bicyclic) bond motifs is 1. The highest BCUT2D eigenvalue weighted by molar-refractivity contribution is 6.33. The average molecular weight is 339 g/mol. The Morgan fingerprint density at radius 1 is 0.875 bits per heavy atom. The zero-order chi connectivity index (χ0) is 16.9. The maximum absolute atomic E-state index is 12.0. The van der Waals surface area contributed by atoms with Crippen LogP contribution in [0.25, 0.3) is 10.8 Å². The van der Waals surface area contributed by atoms with Crippen molar-refractivity contribution in [2.45, 2.75) is 0 Å². The van der Waals surface area contributed by atoms with Crippen LogP contribution in [-0.4, -0.2) is 18.4 Å². The lowest BCUT2D eigenvalue weighted by atomic mass is 10.1. The van der Waals surface area contributed by atoms with E-state index in [4.69, 9.17) is 11.6 Å². The number of carbonyl (C=O) groups excluding carboxylic acids is 2. The molecule has 0 radical (unpaired) electrons. The summed E-state index contributed by atoms with van der Waals surface area (Å²) in [6.07, 6.45) is 0. The highest BCUT2D eigenvalue weighted by Gasteiger charge is 2.11. The monoisotopic (exact) mass is 338 g/mol. The summed E-state index contributed by atoms with van der Waals surface area (Å²) in [5.74, 6) is -0.681. The highest BCUT2D eigenvalue weighted by Crippen LogP contribution is 2.18. The van der Waals surface area contributed by atoms with Crippen LogP contribution in [0.15, 0.2) is 66.7 Å². The molecular formula is C19H15ClN2O2. The third-order valence-electron chi connectivity index (χ3n) is 3.56. The molecule has 0 unspecified atom stereocenters. The number of carbonyl (C=O) groups is 2. The van der Waals surface area contributed by atoms with Gasteiger partial charge in [0.15, 0.2) is 0 Å². The number of amides is 2. The Kier molecular flexibility index (Phi) is 4.77. The number of halogens is 1. The minimum absolute atomic E-state index is 0.128. The second kappa shape index (κ2) is 7.15. The summed E-state index contributed by atoms with van der Waals surface area (Å²) < 4.78 is 0. The van der Waals surface area contributed by atoms with E-state index in [1.54, 1.807) is 24.3 Å². The zero-order valence-corrected chi connectivity index (χ0v) is 13.5. The summed E-state index contributed by atoms with van der Waals surface area (Å²) in [4.78, 5) is 24.0.